The van der Waals surface area contributed by atoms with Crippen LogP contribution in [0.4, 0.5) is 0 Å². The molecule has 2 nitrogen and oxygen atoms in total. The molecule has 1 atom stereocenters. The second kappa shape index (κ2) is 5.08. The zero-order chi connectivity index (χ0) is 13.2. The Labute approximate surface area is 116 Å². The van der Waals surface area contributed by atoms with Crippen molar-refractivity contribution in [2.75, 3.05) is 0 Å². The van der Waals surface area contributed by atoms with E-state index in [1.807, 2.05) is 54.6 Å². The molecule has 3 rings (SSSR count). The zero-order valence-electron chi connectivity index (χ0n) is 10.3. The summed E-state index contributed by atoms with van der Waals surface area (Å²) < 4.78 is 5.78. The molecule has 0 fully saturated rings. The minimum absolute atomic E-state index is 0.0581. The van der Waals surface area contributed by atoms with Gasteiger partial charge in [0.25, 0.3) is 0 Å². The maximum atomic E-state index is 6.19. The van der Waals surface area contributed by atoms with E-state index < -0.39 is 0 Å². The molecular formula is C16H14ClNO. The van der Waals surface area contributed by atoms with Gasteiger partial charge in [0.05, 0.1) is 0 Å². The second-order valence-electron chi connectivity index (χ2n) is 4.62. The first-order valence-electron chi connectivity index (χ1n) is 6.21. The van der Waals surface area contributed by atoms with Gasteiger partial charge >= 0.3 is 0 Å². The van der Waals surface area contributed by atoms with Crippen LogP contribution in [0.3, 0.4) is 0 Å². The summed E-state index contributed by atoms with van der Waals surface area (Å²) in [5.41, 5.74) is 8.15. The van der Waals surface area contributed by atoms with E-state index in [4.69, 9.17) is 21.8 Å². The molecule has 0 saturated heterocycles. The molecule has 2 N–H and O–H groups in total. The first kappa shape index (κ1) is 12.3. The Bertz CT molecular complexity index is 690. The van der Waals surface area contributed by atoms with Crippen molar-refractivity contribution in [1.29, 1.82) is 0 Å². The second-order valence-corrected chi connectivity index (χ2v) is 5.05. The van der Waals surface area contributed by atoms with Gasteiger partial charge in [0.15, 0.2) is 0 Å². The van der Waals surface area contributed by atoms with Crippen molar-refractivity contribution in [3.05, 3.63) is 70.9 Å². The fourth-order valence-corrected chi connectivity index (χ4v) is 2.39. The normalized spacial score (nSPS) is 12.7. The predicted molar refractivity (Wildman–Crippen MR) is 78.3 cm³/mol. The van der Waals surface area contributed by atoms with Gasteiger partial charge in [-0.05, 0) is 29.8 Å². The Balaban J connectivity index is 1.85. The topological polar surface area (TPSA) is 39.2 Å². The summed E-state index contributed by atoms with van der Waals surface area (Å²) in [6.45, 7) is 0. The van der Waals surface area contributed by atoms with Crippen LogP contribution in [0.2, 0.25) is 5.02 Å². The molecule has 0 aliphatic heterocycles. The molecule has 1 unspecified atom stereocenters. The Morgan fingerprint density at radius 1 is 1.05 bits per heavy atom. The Morgan fingerprint density at radius 3 is 2.63 bits per heavy atom. The summed E-state index contributed by atoms with van der Waals surface area (Å²) >= 11 is 5.96. The first-order chi connectivity index (χ1) is 9.22. The largest absolute Gasteiger partial charge is 0.461 e. The lowest BCUT2D eigenvalue weighted by molar-refractivity contribution is 0.521. The van der Waals surface area contributed by atoms with Crippen molar-refractivity contribution in [1.82, 2.24) is 0 Å². The van der Waals surface area contributed by atoms with Gasteiger partial charge in [-0.25, -0.2) is 0 Å². The quantitative estimate of drug-likeness (QED) is 0.770. The van der Waals surface area contributed by atoms with Gasteiger partial charge in [0, 0.05) is 22.9 Å². The fraction of sp³-hybridized carbons (Fsp3) is 0.125. The van der Waals surface area contributed by atoms with Crippen molar-refractivity contribution in [3.8, 4) is 0 Å². The highest BCUT2D eigenvalue weighted by molar-refractivity contribution is 6.31. The van der Waals surface area contributed by atoms with Gasteiger partial charge in [-0.1, -0.05) is 41.9 Å². The third kappa shape index (κ3) is 2.65. The highest BCUT2D eigenvalue weighted by Crippen LogP contribution is 2.25. The lowest BCUT2D eigenvalue weighted by Gasteiger charge is -2.09. The smallest absolute Gasteiger partial charge is 0.134 e. The van der Waals surface area contributed by atoms with Gasteiger partial charge in [0.2, 0.25) is 0 Å². The minimum atomic E-state index is -0.0581. The molecule has 1 aromatic heterocycles. The van der Waals surface area contributed by atoms with Crippen LogP contribution >= 0.6 is 11.6 Å². The highest BCUT2D eigenvalue weighted by Gasteiger charge is 2.10. The molecule has 0 radical (unpaired) electrons. The van der Waals surface area contributed by atoms with Crippen LogP contribution in [-0.4, -0.2) is 0 Å². The lowest BCUT2D eigenvalue weighted by atomic mass is 10.0. The summed E-state index contributed by atoms with van der Waals surface area (Å²) in [6.07, 6.45) is 0.677. The molecular weight excluding hydrogens is 258 g/mol. The van der Waals surface area contributed by atoms with E-state index >= 15 is 0 Å². The van der Waals surface area contributed by atoms with E-state index in [1.165, 1.54) is 0 Å². The molecule has 96 valence electrons. The summed E-state index contributed by atoms with van der Waals surface area (Å²) in [4.78, 5) is 0. The average molecular weight is 272 g/mol. The molecule has 0 amide bonds. The van der Waals surface area contributed by atoms with Gasteiger partial charge < -0.3 is 10.2 Å². The van der Waals surface area contributed by atoms with Gasteiger partial charge in [-0.15, -0.1) is 0 Å². The Kier molecular flexibility index (Phi) is 3.28. The van der Waals surface area contributed by atoms with E-state index in [0.29, 0.717) is 11.4 Å². The van der Waals surface area contributed by atoms with Crippen LogP contribution < -0.4 is 5.73 Å². The van der Waals surface area contributed by atoms with Crippen molar-refractivity contribution in [3.63, 3.8) is 0 Å². The fourth-order valence-electron chi connectivity index (χ4n) is 2.20. The monoisotopic (exact) mass is 271 g/mol. The number of hydrogen-bond donors (Lipinski definition) is 1. The van der Waals surface area contributed by atoms with Crippen LogP contribution in [0.15, 0.2) is 59.0 Å². The summed E-state index contributed by atoms with van der Waals surface area (Å²) in [6, 6.07) is 17.6. The van der Waals surface area contributed by atoms with Crippen molar-refractivity contribution >= 4 is 22.6 Å². The molecule has 0 spiro atoms. The summed E-state index contributed by atoms with van der Waals surface area (Å²) in [5, 5.41) is 1.73. The van der Waals surface area contributed by atoms with Crippen molar-refractivity contribution in [2.45, 2.75) is 12.5 Å². The molecule has 0 aliphatic carbocycles. The zero-order valence-corrected chi connectivity index (χ0v) is 11.1. The number of rotatable bonds is 3. The number of nitrogens with two attached hydrogens (primary N) is 1. The third-order valence-corrected chi connectivity index (χ3v) is 3.41. The molecule has 19 heavy (non-hydrogen) atoms. The van der Waals surface area contributed by atoms with Crippen LogP contribution in [0.5, 0.6) is 0 Å². The van der Waals surface area contributed by atoms with Gasteiger partial charge in [0.1, 0.15) is 11.3 Å². The van der Waals surface area contributed by atoms with Crippen LogP contribution in [0.25, 0.3) is 11.0 Å². The minimum Gasteiger partial charge on any atom is -0.461 e. The van der Waals surface area contributed by atoms with E-state index in [9.17, 15) is 0 Å². The maximum Gasteiger partial charge on any atom is 0.134 e. The van der Waals surface area contributed by atoms with Crippen molar-refractivity contribution < 1.29 is 4.42 Å². The standard InChI is InChI=1S/C16H14ClNO/c17-13-6-7-16-12(8-13)9-14(19-16)10-15(18)11-4-2-1-3-5-11/h1-9,15H,10,18H2. The van der Waals surface area contributed by atoms with E-state index in [-0.39, 0.29) is 6.04 Å². The average Bonchev–Trinajstić information content (AvgIpc) is 2.81. The molecule has 3 heteroatoms. The maximum absolute atomic E-state index is 6.19. The number of benzene rings is 2. The number of fused-ring (bicyclic) bond motifs is 1. The number of furan rings is 1. The predicted octanol–water partition coefficient (Wildman–Crippen LogP) is 4.33. The number of hydrogen-bond acceptors (Lipinski definition) is 2. The molecule has 2 aromatic carbocycles. The van der Waals surface area contributed by atoms with Crippen LogP contribution in [-0.2, 0) is 6.42 Å². The summed E-state index contributed by atoms with van der Waals surface area (Å²) in [7, 11) is 0. The third-order valence-electron chi connectivity index (χ3n) is 3.18. The van der Waals surface area contributed by atoms with Gasteiger partial charge in [-0.3, -0.25) is 0 Å². The van der Waals surface area contributed by atoms with E-state index in [2.05, 4.69) is 0 Å². The van der Waals surface area contributed by atoms with E-state index in [0.717, 1.165) is 22.3 Å². The lowest BCUT2D eigenvalue weighted by Crippen LogP contribution is -2.12. The highest BCUT2D eigenvalue weighted by atomic mass is 35.5. The summed E-state index contributed by atoms with van der Waals surface area (Å²) in [5.74, 6) is 0.883. The van der Waals surface area contributed by atoms with Crippen LogP contribution in [0.1, 0.15) is 17.4 Å². The molecule has 0 aliphatic rings. The Hall–Kier alpha value is -1.77. The first-order valence-corrected chi connectivity index (χ1v) is 6.59. The van der Waals surface area contributed by atoms with Gasteiger partial charge in [-0.2, -0.15) is 0 Å². The number of halogens is 1. The Morgan fingerprint density at radius 2 is 1.84 bits per heavy atom. The van der Waals surface area contributed by atoms with Crippen molar-refractivity contribution in [2.24, 2.45) is 5.73 Å². The molecule has 0 saturated carbocycles. The SMILES string of the molecule is NC(Cc1cc2cc(Cl)ccc2o1)c1ccccc1. The van der Waals surface area contributed by atoms with Crippen LogP contribution in [0, 0.1) is 0 Å². The molecule has 1 heterocycles. The molecule has 3 aromatic rings. The molecule has 0 bridgehead atoms. The van der Waals surface area contributed by atoms with E-state index in [1.54, 1.807) is 0 Å².